The fourth-order valence-electron chi connectivity index (χ4n) is 3.32. The molecular formula is C20H25ClN4O. The van der Waals surface area contributed by atoms with Crippen molar-refractivity contribution in [3.8, 4) is 0 Å². The third-order valence-corrected chi connectivity index (χ3v) is 5.40. The van der Waals surface area contributed by atoms with Crippen molar-refractivity contribution in [1.82, 2.24) is 20.0 Å². The molecule has 2 heterocycles. The maximum atomic E-state index is 12.1. The van der Waals surface area contributed by atoms with Gasteiger partial charge >= 0.3 is 0 Å². The highest BCUT2D eigenvalue weighted by Crippen LogP contribution is 2.21. The van der Waals surface area contributed by atoms with Gasteiger partial charge in [0, 0.05) is 44.4 Å². The van der Waals surface area contributed by atoms with Crippen LogP contribution >= 0.6 is 11.6 Å². The number of benzene rings is 1. The van der Waals surface area contributed by atoms with E-state index in [1.54, 1.807) is 17.8 Å². The van der Waals surface area contributed by atoms with E-state index in [9.17, 15) is 4.79 Å². The zero-order valence-corrected chi connectivity index (χ0v) is 16.3. The molecule has 26 heavy (non-hydrogen) atoms. The van der Waals surface area contributed by atoms with E-state index in [2.05, 4.69) is 46.5 Å². The van der Waals surface area contributed by atoms with Crippen LogP contribution in [0.5, 0.6) is 0 Å². The van der Waals surface area contributed by atoms with E-state index in [0.29, 0.717) is 11.7 Å². The van der Waals surface area contributed by atoms with Gasteiger partial charge in [-0.2, -0.15) is 5.10 Å². The number of nitrogens with one attached hydrogen (secondary N) is 1. The molecule has 0 fully saturated rings. The Morgan fingerprint density at radius 1 is 1.38 bits per heavy atom. The smallest absolute Gasteiger partial charge is 0.244 e. The van der Waals surface area contributed by atoms with Crippen molar-refractivity contribution in [1.29, 1.82) is 0 Å². The zero-order valence-electron chi connectivity index (χ0n) is 15.5. The average Bonchev–Trinajstić information content (AvgIpc) is 2.89. The first-order valence-electron chi connectivity index (χ1n) is 8.91. The number of aromatic nitrogens is 2. The highest BCUT2D eigenvalue weighted by molar-refractivity contribution is 6.31. The minimum atomic E-state index is -0.117. The number of carbonyl (C=O) groups is 1. The summed E-state index contributed by atoms with van der Waals surface area (Å²) in [6, 6.07) is 8.86. The van der Waals surface area contributed by atoms with E-state index in [1.807, 2.05) is 6.92 Å². The van der Waals surface area contributed by atoms with Crippen LogP contribution in [0.2, 0.25) is 5.15 Å². The van der Waals surface area contributed by atoms with Crippen LogP contribution in [0.4, 0.5) is 0 Å². The van der Waals surface area contributed by atoms with Crippen molar-refractivity contribution in [2.75, 3.05) is 13.1 Å². The summed E-state index contributed by atoms with van der Waals surface area (Å²) in [5.41, 5.74) is 4.41. The van der Waals surface area contributed by atoms with Gasteiger partial charge in [-0.05, 0) is 37.5 Å². The van der Waals surface area contributed by atoms with Crippen LogP contribution in [-0.4, -0.2) is 39.7 Å². The Hall–Kier alpha value is -2.11. The topological polar surface area (TPSA) is 50.2 Å². The summed E-state index contributed by atoms with van der Waals surface area (Å²) in [6.07, 6.45) is 4.31. The third-order valence-electron chi connectivity index (χ3n) is 4.95. The molecule has 1 atom stereocenters. The first kappa shape index (κ1) is 18.7. The Bertz CT molecular complexity index is 827. The summed E-state index contributed by atoms with van der Waals surface area (Å²) in [4.78, 5) is 14.6. The van der Waals surface area contributed by atoms with E-state index in [-0.39, 0.29) is 11.9 Å². The highest BCUT2D eigenvalue weighted by Gasteiger charge is 2.20. The molecule has 1 aliphatic rings. The number of amides is 1. The average molecular weight is 373 g/mol. The fourth-order valence-corrected chi connectivity index (χ4v) is 3.56. The lowest BCUT2D eigenvalue weighted by molar-refractivity contribution is -0.116. The summed E-state index contributed by atoms with van der Waals surface area (Å²) < 4.78 is 1.60. The van der Waals surface area contributed by atoms with Gasteiger partial charge in [-0.1, -0.05) is 35.9 Å². The van der Waals surface area contributed by atoms with E-state index in [0.717, 1.165) is 30.8 Å². The molecule has 1 amide bonds. The molecule has 5 nitrogen and oxygen atoms in total. The molecule has 1 aromatic carbocycles. The Morgan fingerprint density at radius 3 is 2.81 bits per heavy atom. The van der Waals surface area contributed by atoms with Crippen LogP contribution in [0.3, 0.4) is 0 Å². The Kier molecular flexibility index (Phi) is 5.79. The van der Waals surface area contributed by atoms with Gasteiger partial charge < -0.3 is 5.32 Å². The summed E-state index contributed by atoms with van der Waals surface area (Å²) in [7, 11) is 1.78. The van der Waals surface area contributed by atoms with Gasteiger partial charge in [-0.15, -0.1) is 0 Å². The van der Waals surface area contributed by atoms with Gasteiger partial charge in [0.25, 0.3) is 0 Å². The SMILES string of the molecule is Cc1nn(C)c(Cl)c1/C=C/C(=O)NCC(C)N1CCc2ccccc2C1. The highest BCUT2D eigenvalue weighted by atomic mass is 35.5. The van der Waals surface area contributed by atoms with Crippen LogP contribution in [0.15, 0.2) is 30.3 Å². The second-order valence-electron chi connectivity index (χ2n) is 6.83. The van der Waals surface area contributed by atoms with Crippen molar-refractivity contribution >= 4 is 23.6 Å². The van der Waals surface area contributed by atoms with Gasteiger partial charge in [-0.3, -0.25) is 14.4 Å². The van der Waals surface area contributed by atoms with Crippen molar-refractivity contribution in [2.24, 2.45) is 7.05 Å². The minimum Gasteiger partial charge on any atom is -0.351 e. The van der Waals surface area contributed by atoms with E-state index < -0.39 is 0 Å². The van der Waals surface area contributed by atoms with Crippen LogP contribution in [0.25, 0.3) is 6.08 Å². The number of halogens is 1. The Labute approximate surface area is 159 Å². The molecule has 0 radical (unpaired) electrons. The number of aryl methyl sites for hydroxylation is 2. The van der Waals surface area contributed by atoms with E-state index >= 15 is 0 Å². The molecule has 3 rings (SSSR count). The quantitative estimate of drug-likeness (QED) is 0.821. The van der Waals surface area contributed by atoms with Crippen LogP contribution in [-0.2, 0) is 24.8 Å². The molecule has 1 unspecified atom stereocenters. The molecule has 2 aromatic rings. The van der Waals surface area contributed by atoms with Crippen molar-refractivity contribution < 1.29 is 4.79 Å². The maximum absolute atomic E-state index is 12.1. The first-order valence-corrected chi connectivity index (χ1v) is 9.29. The fraction of sp³-hybridized carbons (Fsp3) is 0.400. The number of hydrogen-bond donors (Lipinski definition) is 1. The number of carbonyl (C=O) groups excluding carboxylic acids is 1. The van der Waals surface area contributed by atoms with Gasteiger partial charge in [0.2, 0.25) is 5.91 Å². The molecule has 0 spiro atoms. The molecule has 1 aliphatic heterocycles. The van der Waals surface area contributed by atoms with E-state index in [4.69, 9.17) is 11.6 Å². The van der Waals surface area contributed by atoms with Crippen LogP contribution in [0.1, 0.15) is 29.3 Å². The summed E-state index contributed by atoms with van der Waals surface area (Å²) >= 11 is 6.18. The second kappa shape index (κ2) is 8.06. The van der Waals surface area contributed by atoms with Crippen LogP contribution in [0, 0.1) is 6.92 Å². The number of rotatable bonds is 5. The van der Waals surface area contributed by atoms with Crippen LogP contribution < -0.4 is 5.32 Å². The molecule has 0 saturated heterocycles. The lowest BCUT2D eigenvalue weighted by Gasteiger charge is -2.33. The minimum absolute atomic E-state index is 0.117. The van der Waals surface area contributed by atoms with E-state index in [1.165, 1.54) is 17.2 Å². The summed E-state index contributed by atoms with van der Waals surface area (Å²) in [5, 5.41) is 7.75. The number of fused-ring (bicyclic) bond motifs is 1. The third kappa shape index (κ3) is 4.17. The van der Waals surface area contributed by atoms with Crippen molar-refractivity contribution in [3.05, 3.63) is 57.9 Å². The molecule has 6 heteroatoms. The zero-order chi connectivity index (χ0) is 18.7. The standard InChI is InChI=1S/C20H25ClN4O/c1-14(25-11-10-16-6-4-5-7-17(16)13-25)12-22-19(26)9-8-18-15(2)23-24(3)20(18)21/h4-9,14H,10-13H2,1-3H3,(H,22,26)/b9-8+. The second-order valence-corrected chi connectivity index (χ2v) is 7.19. The monoisotopic (exact) mass is 372 g/mol. The molecular weight excluding hydrogens is 348 g/mol. The van der Waals surface area contributed by atoms with Gasteiger partial charge in [-0.25, -0.2) is 0 Å². The molecule has 1 aromatic heterocycles. The van der Waals surface area contributed by atoms with Gasteiger partial charge in [0.05, 0.1) is 5.69 Å². The Morgan fingerprint density at radius 2 is 2.12 bits per heavy atom. The van der Waals surface area contributed by atoms with Crippen molar-refractivity contribution in [2.45, 2.75) is 32.9 Å². The molecule has 138 valence electrons. The molecule has 0 aliphatic carbocycles. The molecule has 1 N–H and O–H groups in total. The first-order chi connectivity index (χ1) is 12.5. The Balaban J connectivity index is 1.52. The maximum Gasteiger partial charge on any atom is 0.244 e. The number of hydrogen-bond acceptors (Lipinski definition) is 3. The molecule has 0 saturated carbocycles. The lowest BCUT2D eigenvalue weighted by Crippen LogP contribution is -2.44. The number of nitrogens with zero attached hydrogens (tertiary/aromatic N) is 3. The van der Waals surface area contributed by atoms with Gasteiger partial charge in [0.1, 0.15) is 5.15 Å². The largest absolute Gasteiger partial charge is 0.351 e. The predicted molar refractivity (Wildman–Crippen MR) is 105 cm³/mol. The summed E-state index contributed by atoms with van der Waals surface area (Å²) in [6.45, 7) is 6.60. The normalized spacial score (nSPS) is 15.8. The summed E-state index contributed by atoms with van der Waals surface area (Å²) in [5.74, 6) is -0.117. The molecule has 0 bridgehead atoms. The predicted octanol–water partition coefficient (Wildman–Crippen LogP) is 2.96. The van der Waals surface area contributed by atoms with Crippen molar-refractivity contribution in [3.63, 3.8) is 0 Å². The lowest BCUT2D eigenvalue weighted by atomic mass is 9.99. The van der Waals surface area contributed by atoms with Gasteiger partial charge in [0.15, 0.2) is 0 Å².